The third-order valence-electron chi connectivity index (χ3n) is 5.34. The van der Waals surface area contributed by atoms with E-state index in [9.17, 15) is 14.0 Å². The number of methoxy groups -OCH3 is 1. The van der Waals surface area contributed by atoms with E-state index in [0.717, 1.165) is 11.3 Å². The van der Waals surface area contributed by atoms with E-state index in [1.165, 1.54) is 13.2 Å². The average Bonchev–Trinajstić information content (AvgIpc) is 3.23. The Morgan fingerprint density at radius 2 is 2.09 bits per heavy atom. The second-order valence-corrected chi connectivity index (χ2v) is 8.12. The van der Waals surface area contributed by atoms with Gasteiger partial charge in [-0.15, -0.1) is 12.4 Å². The van der Waals surface area contributed by atoms with E-state index >= 15 is 0 Å². The van der Waals surface area contributed by atoms with Crippen LogP contribution in [0.5, 0.6) is 0 Å². The van der Waals surface area contributed by atoms with Gasteiger partial charge in [-0.25, -0.2) is 9.18 Å². The van der Waals surface area contributed by atoms with Gasteiger partial charge in [0.1, 0.15) is 11.9 Å². The van der Waals surface area contributed by atoms with Crippen LogP contribution < -0.4 is 0 Å². The molecule has 0 N–H and O–H groups in total. The molecule has 0 saturated carbocycles. The maximum atomic E-state index is 14.5. The zero-order valence-electron chi connectivity index (χ0n) is 18.6. The van der Waals surface area contributed by atoms with E-state index in [1.54, 1.807) is 36.0 Å². The molecule has 1 saturated heterocycles. The molecule has 0 spiro atoms. The number of hydrogen-bond donors (Lipinski definition) is 1. The van der Waals surface area contributed by atoms with Gasteiger partial charge in [-0.05, 0) is 37.1 Å². The molecule has 7 nitrogen and oxygen atoms in total. The number of esters is 2. The summed E-state index contributed by atoms with van der Waals surface area (Å²) in [5, 5.41) is 4.49. The first-order chi connectivity index (χ1) is 15.4. The fourth-order valence-corrected chi connectivity index (χ4v) is 4.02. The molecule has 0 radical (unpaired) electrons. The Kier molecular flexibility index (Phi) is 10.4. The minimum absolute atomic E-state index is 0. The van der Waals surface area contributed by atoms with E-state index < -0.39 is 17.8 Å². The molecule has 1 aromatic heterocycles. The molecule has 0 amide bonds. The van der Waals surface area contributed by atoms with Crippen molar-refractivity contribution in [3.05, 3.63) is 59.2 Å². The maximum absolute atomic E-state index is 14.5. The fourth-order valence-electron chi connectivity index (χ4n) is 3.74. The first-order valence-electron chi connectivity index (χ1n) is 10.6. The second-order valence-electron chi connectivity index (χ2n) is 7.50. The molecule has 2 atom stereocenters. The van der Waals surface area contributed by atoms with Gasteiger partial charge >= 0.3 is 11.9 Å². The summed E-state index contributed by atoms with van der Waals surface area (Å²) >= 11 is 4.70. The zero-order chi connectivity index (χ0) is 23.1. The van der Waals surface area contributed by atoms with Crippen molar-refractivity contribution in [1.29, 1.82) is 0 Å². The topological polar surface area (TPSA) is 73.7 Å². The van der Waals surface area contributed by atoms with E-state index in [-0.39, 0.29) is 30.0 Å². The number of benzene rings is 1. The number of nitrogens with zero attached hydrogens (tertiary/aromatic N) is 3. The Hall–Kier alpha value is -2.36. The highest BCUT2D eigenvalue weighted by Gasteiger charge is 2.34. The Bertz CT molecular complexity index is 984. The molecule has 2 heterocycles. The number of ether oxygens (including phenoxy) is 2. The van der Waals surface area contributed by atoms with Crippen molar-refractivity contribution in [3.63, 3.8) is 0 Å². The third-order valence-corrected chi connectivity index (χ3v) is 5.93. The summed E-state index contributed by atoms with van der Waals surface area (Å²) < 4.78 is 26.1. The van der Waals surface area contributed by atoms with Gasteiger partial charge in [0.2, 0.25) is 0 Å². The highest BCUT2D eigenvalue weighted by Crippen LogP contribution is 2.31. The smallest absolute Gasteiger partial charge is 0.327 e. The summed E-state index contributed by atoms with van der Waals surface area (Å²) in [5.41, 5.74) is 1.99. The lowest BCUT2D eigenvalue weighted by atomic mass is 9.97. The van der Waals surface area contributed by atoms with Crippen LogP contribution in [0.25, 0.3) is 6.08 Å². The molecule has 1 aromatic carbocycles. The lowest BCUT2D eigenvalue weighted by Gasteiger charge is -2.36. The van der Waals surface area contributed by atoms with Gasteiger partial charge in [-0.3, -0.25) is 14.4 Å². The Morgan fingerprint density at radius 1 is 1.33 bits per heavy atom. The quantitative estimate of drug-likeness (QED) is 0.443. The van der Waals surface area contributed by atoms with Crippen molar-refractivity contribution < 1.29 is 23.5 Å². The molecular weight excluding hydrogens is 469 g/mol. The van der Waals surface area contributed by atoms with Crippen molar-refractivity contribution in [2.45, 2.75) is 37.6 Å². The summed E-state index contributed by atoms with van der Waals surface area (Å²) in [4.78, 5) is 26.0. The number of thiol groups is 1. The Balaban J connectivity index is 0.00000385. The van der Waals surface area contributed by atoms with Gasteiger partial charge in [0, 0.05) is 30.1 Å². The fraction of sp³-hybridized carbons (Fsp3) is 0.435. The van der Waals surface area contributed by atoms with Gasteiger partial charge in [-0.1, -0.05) is 18.2 Å². The summed E-state index contributed by atoms with van der Waals surface area (Å²) in [5.74, 6) is -1.21. The molecule has 3 rings (SSSR count). The van der Waals surface area contributed by atoms with Gasteiger partial charge < -0.3 is 9.47 Å². The summed E-state index contributed by atoms with van der Waals surface area (Å²) in [6, 6.07) is 7.27. The van der Waals surface area contributed by atoms with Crippen LogP contribution >= 0.6 is 25.0 Å². The zero-order valence-corrected chi connectivity index (χ0v) is 20.4. The van der Waals surface area contributed by atoms with Crippen LogP contribution in [0.15, 0.2) is 42.1 Å². The van der Waals surface area contributed by atoms with Gasteiger partial charge in [0.05, 0.1) is 32.4 Å². The number of hydrogen-bond acceptors (Lipinski definition) is 7. The van der Waals surface area contributed by atoms with Crippen LogP contribution in [0.1, 0.15) is 37.1 Å². The third kappa shape index (κ3) is 7.06. The van der Waals surface area contributed by atoms with Crippen LogP contribution in [-0.4, -0.2) is 58.7 Å². The number of aryl methyl sites for hydroxylation is 1. The Labute approximate surface area is 204 Å². The first kappa shape index (κ1) is 26.9. The number of carbonyl (C=O) groups excluding carboxylic acids is 2. The number of piperidine rings is 1. The van der Waals surface area contributed by atoms with E-state index in [1.807, 2.05) is 17.0 Å². The molecule has 2 aromatic rings. The molecule has 180 valence electrons. The number of likely N-dealkylation sites (tertiary alicyclic amines) is 1. The summed E-state index contributed by atoms with van der Waals surface area (Å²) in [7, 11) is 1.31. The largest absolute Gasteiger partial charge is 0.468 e. The van der Waals surface area contributed by atoms with Crippen LogP contribution in [0.4, 0.5) is 4.39 Å². The van der Waals surface area contributed by atoms with Gasteiger partial charge in [-0.2, -0.15) is 17.7 Å². The summed E-state index contributed by atoms with van der Waals surface area (Å²) in [6.07, 6.45) is 4.68. The number of aromatic nitrogens is 2. The molecule has 0 bridgehead atoms. The molecular formula is C23H29ClFN3O4S. The van der Waals surface area contributed by atoms with Crippen molar-refractivity contribution in [1.82, 2.24) is 14.7 Å². The van der Waals surface area contributed by atoms with Crippen molar-refractivity contribution >= 4 is 43.1 Å². The standard InChI is InChI=1S/C23H28FN3O4S.ClH/c1-3-31-21(28)10-13-27-12-8-17(25-27)14-16-15-26(11-9-20(16)32)22(23(29)30-2)18-6-4-5-7-19(18)24;/h4-8,12,14,20,22,32H,3,9-11,13,15H2,1-2H3;1H/t20-,22?;/m1./s1. The molecule has 1 fully saturated rings. The molecule has 1 aliphatic rings. The van der Waals surface area contributed by atoms with Crippen LogP contribution in [0, 0.1) is 5.82 Å². The maximum Gasteiger partial charge on any atom is 0.327 e. The molecule has 1 aliphatic heterocycles. The van der Waals surface area contributed by atoms with Gasteiger partial charge in [0.25, 0.3) is 0 Å². The lowest BCUT2D eigenvalue weighted by molar-refractivity contribution is -0.147. The van der Waals surface area contributed by atoms with E-state index in [4.69, 9.17) is 22.1 Å². The molecule has 10 heteroatoms. The Morgan fingerprint density at radius 3 is 2.79 bits per heavy atom. The van der Waals surface area contributed by atoms with Crippen molar-refractivity contribution in [3.8, 4) is 0 Å². The number of rotatable bonds is 8. The average molecular weight is 498 g/mol. The van der Waals surface area contributed by atoms with E-state index in [0.29, 0.717) is 38.2 Å². The number of halogens is 2. The van der Waals surface area contributed by atoms with Crippen LogP contribution in [0.2, 0.25) is 0 Å². The van der Waals surface area contributed by atoms with Crippen molar-refractivity contribution in [2.24, 2.45) is 0 Å². The summed E-state index contributed by atoms with van der Waals surface area (Å²) in [6.45, 7) is 3.56. The highest BCUT2D eigenvalue weighted by molar-refractivity contribution is 7.81. The minimum atomic E-state index is -0.840. The predicted octanol–water partition coefficient (Wildman–Crippen LogP) is 3.70. The van der Waals surface area contributed by atoms with Crippen LogP contribution in [0.3, 0.4) is 0 Å². The predicted molar refractivity (Wildman–Crippen MR) is 129 cm³/mol. The minimum Gasteiger partial charge on any atom is -0.468 e. The van der Waals surface area contributed by atoms with E-state index in [2.05, 4.69) is 5.10 Å². The second kappa shape index (κ2) is 12.8. The molecule has 0 aliphatic carbocycles. The van der Waals surface area contributed by atoms with Crippen molar-refractivity contribution in [2.75, 3.05) is 26.8 Å². The normalized spacial score (nSPS) is 18.4. The highest BCUT2D eigenvalue weighted by atomic mass is 35.5. The first-order valence-corrected chi connectivity index (χ1v) is 11.1. The van der Waals surface area contributed by atoms with Crippen LogP contribution in [-0.2, 0) is 25.6 Å². The number of carbonyl (C=O) groups is 2. The monoisotopic (exact) mass is 497 g/mol. The van der Waals surface area contributed by atoms with Gasteiger partial charge in [0.15, 0.2) is 0 Å². The molecule has 33 heavy (non-hydrogen) atoms. The molecule has 1 unspecified atom stereocenters. The lowest BCUT2D eigenvalue weighted by Crippen LogP contribution is -2.42. The SMILES string of the molecule is CCOC(=O)CCn1ccc(C=C2CN(C(C(=O)OC)c3ccccc3F)CC[C@H]2S)n1.Cl.